The monoisotopic (exact) mass is 281 g/mol. The number of hydrogen-bond acceptors (Lipinski definition) is 3. The van der Waals surface area contributed by atoms with Crippen LogP contribution in [-0.4, -0.2) is 35.7 Å². The van der Waals surface area contributed by atoms with Crippen molar-refractivity contribution in [2.24, 2.45) is 23.7 Å². The van der Waals surface area contributed by atoms with Gasteiger partial charge in [0, 0.05) is 13.2 Å². The third kappa shape index (κ3) is 2.87. The Balaban J connectivity index is 1.99. The van der Waals surface area contributed by atoms with Crippen molar-refractivity contribution in [3.05, 3.63) is 12.2 Å². The van der Waals surface area contributed by atoms with Gasteiger partial charge >= 0.3 is 5.97 Å². The van der Waals surface area contributed by atoms with Gasteiger partial charge in [0.15, 0.2) is 0 Å². The lowest BCUT2D eigenvalue weighted by Crippen LogP contribution is -2.46. The van der Waals surface area contributed by atoms with Crippen LogP contribution in [0.3, 0.4) is 0 Å². The van der Waals surface area contributed by atoms with Gasteiger partial charge in [0.05, 0.1) is 17.4 Å². The molecule has 112 valence electrons. The molecule has 4 atom stereocenters. The molecule has 5 heteroatoms. The Bertz CT molecular complexity index is 430. The highest BCUT2D eigenvalue weighted by Crippen LogP contribution is 2.48. The number of ether oxygens (including phenoxy) is 1. The molecular weight excluding hydrogens is 258 g/mol. The normalized spacial score (nSPS) is 31.6. The number of rotatable bonds is 6. The highest BCUT2D eigenvalue weighted by Gasteiger charge is 2.51. The molecule has 2 N–H and O–H groups in total. The summed E-state index contributed by atoms with van der Waals surface area (Å²) in [7, 11) is 0. The zero-order chi connectivity index (χ0) is 14.9. The van der Waals surface area contributed by atoms with Gasteiger partial charge in [-0.25, -0.2) is 0 Å². The van der Waals surface area contributed by atoms with Crippen molar-refractivity contribution in [1.29, 1.82) is 0 Å². The summed E-state index contributed by atoms with van der Waals surface area (Å²) in [6.07, 6.45) is 4.71. The van der Waals surface area contributed by atoms with Crippen LogP contribution in [0.5, 0.6) is 0 Å². The summed E-state index contributed by atoms with van der Waals surface area (Å²) in [6, 6.07) is 0. The van der Waals surface area contributed by atoms with E-state index in [9.17, 15) is 14.7 Å². The molecule has 0 heterocycles. The van der Waals surface area contributed by atoms with Crippen LogP contribution in [-0.2, 0) is 14.3 Å². The molecule has 2 aliphatic rings. The first kappa shape index (κ1) is 15.0. The first-order chi connectivity index (χ1) is 9.35. The molecule has 0 radical (unpaired) electrons. The summed E-state index contributed by atoms with van der Waals surface area (Å²) in [4.78, 5) is 23.7. The highest BCUT2D eigenvalue weighted by molar-refractivity contribution is 5.86. The number of carboxylic acid groups (broad SMARTS) is 1. The summed E-state index contributed by atoms with van der Waals surface area (Å²) in [5.74, 6) is -1.99. The fourth-order valence-corrected chi connectivity index (χ4v) is 3.38. The van der Waals surface area contributed by atoms with Crippen molar-refractivity contribution >= 4 is 11.9 Å². The molecule has 0 aliphatic heterocycles. The maximum Gasteiger partial charge on any atom is 0.307 e. The minimum Gasteiger partial charge on any atom is -0.481 e. The summed E-state index contributed by atoms with van der Waals surface area (Å²) < 4.78 is 5.53. The highest BCUT2D eigenvalue weighted by atomic mass is 16.5. The molecule has 0 aromatic rings. The fraction of sp³-hybridized carbons (Fsp3) is 0.733. The Morgan fingerprint density at radius 3 is 2.45 bits per heavy atom. The number of allylic oxidation sites excluding steroid dienone is 2. The quantitative estimate of drug-likeness (QED) is 0.722. The second-order valence-electron chi connectivity index (χ2n) is 6.25. The molecule has 4 unspecified atom stereocenters. The van der Waals surface area contributed by atoms with E-state index >= 15 is 0 Å². The maximum absolute atomic E-state index is 12.3. The SMILES string of the molecule is CCOC(C)(C)CNC(=O)C1C2C=CC(C2)C1C(=O)O. The Kier molecular flexibility index (Phi) is 4.18. The van der Waals surface area contributed by atoms with E-state index in [0.717, 1.165) is 6.42 Å². The number of hydrogen-bond donors (Lipinski definition) is 2. The van der Waals surface area contributed by atoms with E-state index < -0.39 is 23.4 Å². The first-order valence-electron chi connectivity index (χ1n) is 7.18. The van der Waals surface area contributed by atoms with Crippen molar-refractivity contribution < 1.29 is 19.4 Å². The van der Waals surface area contributed by atoms with Crippen LogP contribution in [0.15, 0.2) is 12.2 Å². The van der Waals surface area contributed by atoms with Crippen LogP contribution in [0, 0.1) is 23.7 Å². The molecule has 20 heavy (non-hydrogen) atoms. The molecule has 1 amide bonds. The van der Waals surface area contributed by atoms with Gasteiger partial charge in [0.2, 0.25) is 5.91 Å². The maximum atomic E-state index is 12.3. The van der Waals surface area contributed by atoms with Gasteiger partial charge < -0.3 is 15.2 Å². The number of aliphatic carboxylic acids is 1. The van der Waals surface area contributed by atoms with Crippen LogP contribution in [0.25, 0.3) is 0 Å². The van der Waals surface area contributed by atoms with Gasteiger partial charge in [-0.05, 0) is 39.0 Å². The molecule has 1 fully saturated rings. The summed E-state index contributed by atoms with van der Waals surface area (Å²) >= 11 is 0. The minimum absolute atomic E-state index is 0.00755. The second kappa shape index (κ2) is 5.56. The van der Waals surface area contributed by atoms with Gasteiger partial charge in [0.1, 0.15) is 0 Å². The number of amides is 1. The van der Waals surface area contributed by atoms with Gasteiger partial charge in [-0.1, -0.05) is 12.2 Å². The molecule has 2 rings (SSSR count). The number of carbonyl (C=O) groups is 2. The van der Waals surface area contributed by atoms with E-state index in [0.29, 0.717) is 13.2 Å². The Morgan fingerprint density at radius 1 is 1.30 bits per heavy atom. The number of carbonyl (C=O) groups excluding carboxylic acids is 1. The predicted molar refractivity (Wildman–Crippen MR) is 74.1 cm³/mol. The topological polar surface area (TPSA) is 75.6 Å². The van der Waals surface area contributed by atoms with Gasteiger partial charge in [-0.3, -0.25) is 9.59 Å². The number of carboxylic acids is 1. The number of nitrogens with one attached hydrogen (secondary N) is 1. The van der Waals surface area contributed by atoms with E-state index in [1.165, 1.54) is 0 Å². The summed E-state index contributed by atoms with van der Waals surface area (Å²) in [5, 5.41) is 12.2. The third-order valence-electron chi connectivity index (χ3n) is 4.27. The molecule has 1 saturated carbocycles. The Morgan fingerprint density at radius 2 is 1.90 bits per heavy atom. The van der Waals surface area contributed by atoms with Crippen LogP contribution in [0.2, 0.25) is 0 Å². The van der Waals surface area contributed by atoms with Gasteiger partial charge in [-0.15, -0.1) is 0 Å². The smallest absolute Gasteiger partial charge is 0.307 e. The van der Waals surface area contributed by atoms with E-state index in [-0.39, 0.29) is 17.7 Å². The molecule has 2 bridgehead atoms. The molecule has 5 nitrogen and oxygen atoms in total. The van der Waals surface area contributed by atoms with E-state index in [1.54, 1.807) is 0 Å². The van der Waals surface area contributed by atoms with Crippen molar-refractivity contribution in [2.45, 2.75) is 32.8 Å². The molecule has 0 aromatic carbocycles. The lowest BCUT2D eigenvalue weighted by Gasteiger charge is -2.28. The summed E-state index contributed by atoms with van der Waals surface area (Å²) in [5.41, 5.74) is -0.434. The van der Waals surface area contributed by atoms with E-state index in [2.05, 4.69) is 5.32 Å². The average Bonchev–Trinajstić information content (AvgIpc) is 2.95. The standard InChI is InChI=1S/C15H23NO4/c1-4-20-15(2,3)8-16-13(17)11-9-5-6-10(7-9)12(11)14(18)19/h5-6,9-12H,4,7-8H2,1-3H3,(H,16,17)(H,18,19). The lowest BCUT2D eigenvalue weighted by molar-refractivity contribution is -0.148. The van der Waals surface area contributed by atoms with Gasteiger partial charge in [0.25, 0.3) is 0 Å². The zero-order valence-electron chi connectivity index (χ0n) is 12.3. The molecule has 0 spiro atoms. The minimum atomic E-state index is -0.869. The fourth-order valence-electron chi connectivity index (χ4n) is 3.38. The first-order valence-corrected chi connectivity index (χ1v) is 7.18. The largest absolute Gasteiger partial charge is 0.481 e. The Labute approximate surface area is 119 Å². The second-order valence-corrected chi connectivity index (χ2v) is 6.25. The molecule has 0 aromatic heterocycles. The predicted octanol–water partition coefficient (Wildman–Crippen LogP) is 1.44. The van der Waals surface area contributed by atoms with Crippen molar-refractivity contribution in [1.82, 2.24) is 5.32 Å². The molecule has 2 aliphatic carbocycles. The van der Waals surface area contributed by atoms with E-state index in [1.807, 2.05) is 32.9 Å². The zero-order valence-corrected chi connectivity index (χ0v) is 12.3. The van der Waals surface area contributed by atoms with Crippen molar-refractivity contribution in [2.75, 3.05) is 13.2 Å². The average molecular weight is 281 g/mol. The van der Waals surface area contributed by atoms with Crippen molar-refractivity contribution in [3.8, 4) is 0 Å². The number of fused-ring (bicyclic) bond motifs is 2. The molecular formula is C15H23NO4. The molecule has 0 saturated heterocycles. The van der Waals surface area contributed by atoms with Gasteiger partial charge in [-0.2, -0.15) is 0 Å². The summed E-state index contributed by atoms with van der Waals surface area (Å²) in [6.45, 7) is 6.70. The van der Waals surface area contributed by atoms with E-state index in [4.69, 9.17) is 4.74 Å². The van der Waals surface area contributed by atoms with Crippen LogP contribution < -0.4 is 5.32 Å². The third-order valence-corrected chi connectivity index (χ3v) is 4.27. The van der Waals surface area contributed by atoms with Crippen molar-refractivity contribution in [3.63, 3.8) is 0 Å². The lowest BCUT2D eigenvalue weighted by atomic mass is 9.82. The Hall–Kier alpha value is -1.36. The van der Waals surface area contributed by atoms with Crippen LogP contribution in [0.4, 0.5) is 0 Å². The van der Waals surface area contributed by atoms with Crippen LogP contribution in [0.1, 0.15) is 27.2 Å². The van der Waals surface area contributed by atoms with Crippen LogP contribution >= 0.6 is 0 Å².